The molecule has 2 N–H and O–H groups in total. The van der Waals surface area contributed by atoms with Gasteiger partial charge in [0.25, 0.3) is 5.91 Å². The molecule has 0 atom stereocenters. The van der Waals surface area contributed by atoms with Crippen LogP contribution >= 0.6 is 0 Å². The fourth-order valence-electron chi connectivity index (χ4n) is 4.56. The molecule has 2 heterocycles. The van der Waals surface area contributed by atoms with Gasteiger partial charge in [0.2, 0.25) is 0 Å². The molecule has 2 aromatic heterocycles. The zero-order valence-corrected chi connectivity index (χ0v) is 22.5. The number of methoxy groups -OCH3 is 1. The van der Waals surface area contributed by atoms with Gasteiger partial charge in [-0.2, -0.15) is 5.26 Å². The third-order valence-electron chi connectivity index (χ3n) is 6.47. The molecule has 8 heteroatoms. The van der Waals surface area contributed by atoms with Crippen LogP contribution in [0.15, 0.2) is 114 Å². The van der Waals surface area contributed by atoms with Crippen LogP contribution in [0.25, 0.3) is 28.1 Å². The van der Waals surface area contributed by atoms with Gasteiger partial charge in [-0.25, -0.2) is 0 Å². The van der Waals surface area contributed by atoms with Gasteiger partial charge < -0.3 is 19.0 Å². The van der Waals surface area contributed by atoms with E-state index in [-0.39, 0.29) is 6.61 Å². The number of hydrogen-bond donors (Lipinski definition) is 2. The number of hydrogen-bond acceptors (Lipinski definition) is 6. The SMILES string of the molecule is C=C(NOCC(=O)Nc1c(C#N)c(-c2ccccc2)c(-c2ccccc2)n1Cc1ccco1)c1ccc(OC)cc1. The second-order valence-corrected chi connectivity index (χ2v) is 9.10. The minimum Gasteiger partial charge on any atom is -0.497 e. The molecule has 8 nitrogen and oxygen atoms in total. The molecule has 0 bridgehead atoms. The van der Waals surface area contributed by atoms with E-state index in [9.17, 15) is 10.1 Å². The van der Waals surface area contributed by atoms with E-state index in [4.69, 9.17) is 14.0 Å². The fraction of sp³-hybridized carbons (Fsp3) is 0.0909. The van der Waals surface area contributed by atoms with Gasteiger partial charge in [-0.05, 0) is 53.1 Å². The van der Waals surface area contributed by atoms with Crippen LogP contribution < -0.4 is 15.5 Å². The van der Waals surface area contributed by atoms with Crippen LogP contribution in [0.2, 0.25) is 0 Å². The number of hydroxylamine groups is 1. The number of carbonyl (C=O) groups excluding carboxylic acids is 1. The number of aromatic nitrogens is 1. The Morgan fingerprint density at radius 2 is 1.63 bits per heavy atom. The molecule has 0 radical (unpaired) electrons. The van der Waals surface area contributed by atoms with E-state index in [0.29, 0.717) is 34.9 Å². The highest BCUT2D eigenvalue weighted by atomic mass is 16.6. The van der Waals surface area contributed by atoms with Gasteiger partial charge in [0.05, 0.1) is 31.3 Å². The minimum absolute atomic E-state index is 0.293. The maximum Gasteiger partial charge on any atom is 0.254 e. The maximum absolute atomic E-state index is 13.2. The van der Waals surface area contributed by atoms with Gasteiger partial charge in [-0.15, -0.1) is 0 Å². The van der Waals surface area contributed by atoms with Gasteiger partial charge in [-0.1, -0.05) is 67.2 Å². The lowest BCUT2D eigenvalue weighted by atomic mass is 9.98. The number of nitriles is 1. The number of anilines is 1. The van der Waals surface area contributed by atoms with Crippen molar-refractivity contribution in [1.82, 2.24) is 10.0 Å². The molecule has 3 aromatic carbocycles. The van der Waals surface area contributed by atoms with Crippen LogP contribution in [-0.4, -0.2) is 24.2 Å². The molecule has 5 aromatic rings. The third-order valence-corrected chi connectivity index (χ3v) is 6.47. The summed E-state index contributed by atoms with van der Waals surface area (Å²) in [6.45, 7) is 3.93. The molecule has 0 aliphatic rings. The summed E-state index contributed by atoms with van der Waals surface area (Å²) in [5, 5.41) is 13.3. The molecule has 0 saturated carbocycles. The Balaban J connectivity index is 1.47. The van der Waals surface area contributed by atoms with Crippen molar-refractivity contribution in [3.63, 3.8) is 0 Å². The van der Waals surface area contributed by atoms with Gasteiger partial charge in [0.15, 0.2) is 6.61 Å². The quantitative estimate of drug-likeness (QED) is 0.185. The predicted octanol–water partition coefficient (Wildman–Crippen LogP) is 6.47. The zero-order chi connectivity index (χ0) is 28.6. The number of furan rings is 1. The Morgan fingerprint density at radius 3 is 2.24 bits per heavy atom. The summed E-state index contributed by atoms with van der Waals surface area (Å²) >= 11 is 0. The summed E-state index contributed by atoms with van der Waals surface area (Å²) in [6.07, 6.45) is 1.60. The maximum atomic E-state index is 13.2. The van der Waals surface area contributed by atoms with E-state index < -0.39 is 5.91 Å². The van der Waals surface area contributed by atoms with E-state index in [1.807, 2.05) is 83.4 Å². The van der Waals surface area contributed by atoms with E-state index in [1.54, 1.807) is 31.6 Å². The Hall–Kier alpha value is -5.52. The average molecular weight is 545 g/mol. The fourth-order valence-corrected chi connectivity index (χ4v) is 4.56. The average Bonchev–Trinajstić information content (AvgIpc) is 3.64. The summed E-state index contributed by atoms with van der Waals surface area (Å²) in [5.74, 6) is 1.29. The zero-order valence-electron chi connectivity index (χ0n) is 22.5. The van der Waals surface area contributed by atoms with E-state index in [0.717, 1.165) is 28.1 Å². The van der Waals surface area contributed by atoms with Crippen molar-refractivity contribution in [1.29, 1.82) is 5.26 Å². The molecule has 41 heavy (non-hydrogen) atoms. The number of amides is 1. The number of ether oxygens (including phenoxy) is 1. The lowest BCUT2D eigenvalue weighted by Gasteiger charge is -2.15. The van der Waals surface area contributed by atoms with Gasteiger partial charge >= 0.3 is 0 Å². The second-order valence-electron chi connectivity index (χ2n) is 9.10. The molecule has 0 unspecified atom stereocenters. The molecular weight excluding hydrogens is 516 g/mol. The van der Waals surface area contributed by atoms with Crippen molar-refractivity contribution >= 4 is 17.4 Å². The number of benzene rings is 3. The van der Waals surface area contributed by atoms with E-state index >= 15 is 0 Å². The van der Waals surface area contributed by atoms with Crippen LogP contribution in [0.3, 0.4) is 0 Å². The lowest BCUT2D eigenvalue weighted by Crippen LogP contribution is -2.25. The highest BCUT2D eigenvalue weighted by molar-refractivity contribution is 5.98. The number of carbonyl (C=O) groups is 1. The summed E-state index contributed by atoms with van der Waals surface area (Å²) in [5.41, 5.74) is 7.57. The van der Waals surface area contributed by atoms with E-state index in [2.05, 4.69) is 23.4 Å². The standard InChI is InChI=1S/C33H28N4O4/c1-23(24-15-17-27(39-2)18-16-24)36-41-22-30(38)35-33-29(20-34)31(25-10-5-3-6-11-25)32(26-12-7-4-8-13-26)37(33)21-28-14-9-19-40-28/h3-19,36H,1,21-22H2,2H3,(H,35,38). The minimum atomic E-state index is -0.450. The number of rotatable bonds is 11. The molecule has 204 valence electrons. The first kappa shape index (κ1) is 27.1. The first-order chi connectivity index (χ1) is 20.1. The molecule has 0 spiro atoms. The Kier molecular flexibility index (Phi) is 8.29. The molecule has 0 aliphatic heterocycles. The summed E-state index contributed by atoms with van der Waals surface area (Å²) < 4.78 is 12.7. The summed E-state index contributed by atoms with van der Waals surface area (Å²) in [6, 6.07) is 32.7. The topological polar surface area (TPSA) is 101 Å². The molecule has 0 aliphatic carbocycles. The smallest absolute Gasteiger partial charge is 0.254 e. The molecule has 5 rings (SSSR count). The first-order valence-electron chi connectivity index (χ1n) is 12.9. The Morgan fingerprint density at radius 1 is 0.951 bits per heavy atom. The number of nitrogens with one attached hydrogen (secondary N) is 2. The van der Waals surface area contributed by atoms with Crippen molar-refractivity contribution in [3.05, 3.63) is 127 Å². The highest BCUT2D eigenvalue weighted by Crippen LogP contribution is 2.42. The number of nitrogens with zero attached hydrogens (tertiary/aromatic N) is 2. The molecular formula is C33H28N4O4. The Labute approximate surface area is 238 Å². The monoisotopic (exact) mass is 544 g/mol. The molecule has 0 saturated heterocycles. The van der Waals surface area contributed by atoms with Crippen LogP contribution in [0, 0.1) is 11.3 Å². The largest absolute Gasteiger partial charge is 0.497 e. The van der Waals surface area contributed by atoms with Crippen LogP contribution in [0.4, 0.5) is 5.82 Å². The van der Waals surface area contributed by atoms with Gasteiger partial charge in [0, 0.05) is 5.56 Å². The first-order valence-corrected chi connectivity index (χ1v) is 12.9. The highest BCUT2D eigenvalue weighted by Gasteiger charge is 2.27. The second kappa shape index (κ2) is 12.6. The van der Waals surface area contributed by atoms with Crippen molar-refractivity contribution in [2.24, 2.45) is 0 Å². The summed E-state index contributed by atoms with van der Waals surface area (Å²) in [4.78, 5) is 18.6. The van der Waals surface area contributed by atoms with Crippen LogP contribution in [0.5, 0.6) is 5.75 Å². The van der Waals surface area contributed by atoms with Crippen molar-refractivity contribution in [2.45, 2.75) is 6.54 Å². The molecule has 1 amide bonds. The van der Waals surface area contributed by atoms with E-state index in [1.165, 1.54) is 0 Å². The van der Waals surface area contributed by atoms with Crippen LogP contribution in [-0.2, 0) is 16.2 Å². The predicted molar refractivity (Wildman–Crippen MR) is 158 cm³/mol. The van der Waals surface area contributed by atoms with Crippen LogP contribution in [0.1, 0.15) is 16.9 Å². The van der Waals surface area contributed by atoms with Gasteiger partial charge in [0.1, 0.15) is 29.0 Å². The Bertz CT molecular complexity index is 1670. The molecule has 0 fully saturated rings. The normalized spacial score (nSPS) is 10.5. The van der Waals surface area contributed by atoms with Crippen molar-refractivity contribution < 1.29 is 18.8 Å². The third kappa shape index (κ3) is 6.06. The summed E-state index contributed by atoms with van der Waals surface area (Å²) in [7, 11) is 1.60. The van der Waals surface area contributed by atoms with Crippen molar-refractivity contribution in [3.8, 4) is 34.2 Å². The lowest BCUT2D eigenvalue weighted by molar-refractivity contribution is -0.122. The van der Waals surface area contributed by atoms with Crippen molar-refractivity contribution in [2.75, 3.05) is 19.0 Å². The van der Waals surface area contributed by atoms with Gasteiger partial charge in [-0.3, -0.25) is 15.1 Å².